The largest absolute Gasteiger partial charge is 0.298 e. The molecule has 1 aromatic rings. The number of hydrogen-bond acceptors (Lipinski definition) is 3. The Morgan fingerprint density at radius 3 is 2.47 bits per heavy atom. The third-order valence-electron chi connectivity index (χ3n) is 3.47. The summed E-state index contributed by atoms with van der Waals surface area (Å²) < 4.78 is 0. The number of piperazine rings is 1. The van der Waals surface area contributed by atoms with E-state index >= 15 is 0 Å². The number of hydrogen-bond donors (Lipinski definition) is 0. The van der Waals surface area contributed by atoms with Gasteiger partial charge in [0.15, 0.2) is 0 Å². The molecule has 3 heteroatoms. The molecule has 1 aliphatic rings. The predicted octanol–water partition coefficient (Wildman–Crippen LogP) is 1.92. The van der Waals surface area contributed by atoms with Crippen LogP contribution in [-0.2, 0) is 6.54 Å². The molecule has 0 saturated carbocycles. The van der Waals surface area contributed by atoms with E-state index in [9.17, 15) is 0 Å². The van der Waals surface area contributed by atoms with E-state index in [1.165, 1.54) is 18.8 Å². The van der Waals surface area contributed by atoms with Gasteiger partial charge in [0.1, 0.15) is 0 Å². The summed E-state index contributed by atoms with van der Waals surface area (Å²) in [5, 5.41) is 0. The maximum Gasteiger partial charge on any atom is 0.0547 e. The molecule has 2 heterocycles. The molecular formula is C14H23N3. The fourth-order valence-electron chi connectivity index (χ4n) is 2.35. The van der Waals surface area contributed by atoms with E-state index < -0.39 is 0 Å². The Balaban J connectivity index is 1.86. The van der Waals surface area contributed by atoms with Crippen LogP contribution in [0.1, 0.15) is 25.2 Å². The standard InChI is InChI=1S/C14H23N3/c1-12(2)17-9-7-16(8-10-17)11-14-6-4-5-13(3)15-14/h4-6,12H,7-11H2,1-3H3. The topological polar surface area (TPSA) is 19.4 Å². The van der Waals surface area contributed by atoms with Crippen molar-refractivity contribution in [3.63, 3.8) is 0 Å². The molecule has 2 rings (SSSR count). The Morgan fingerprint density at radius 1 is 1.18 bits per heavy atom. The fourth-order valence-corrected chi connectivity index (χ4v) is 2.35. The van der Waals surface area contributed by atoms with Gasteiger partial charge in [-0.05, 0) is 32.9 Å². The van der Waals surface area contributed by atoms with Crippen LogP contribution in [0.5, 0.6) is 0 Å². The van der Waals surface area contributed by atoms with Crippen molar-refractivity contribution in [3.8, 4) is 0 Å². The van der Waals surface area contributed by atoms with Crippen molar-refractivity contribution >= 4 is 0 Å². The van der Waals surface area contributed by atoms with Crippen LogP contribution in [0.2, 0.25) is 0 Å². The highest BCUT2D eigenvalue weighted by atomic mass is 15.3. The maximum absolute atomic E-state index is 4.57. The van der Waals surface area contributed by atoms with Crippen LogP contribution in [0.3, 0.4) is 0 Å². The van der Waals surface area contributed by atoms with Crippen LogP contribution in [0, 0.1) is 6.92 Å². The summed E-state index contributed by atoms with van der Waals surface area (Å²) in [6.45, 7) is 12.3. The first-order chi connectivity index (χ1) is 8.15. The van der Waals surface area contributed by atoms with Crippen molar-refractivity contribution in [3.05, 3.63) is 29.6 Å². The van der Waals surface area contributed by atoms with E-state index in [1.807, 2.05) is 0 Å². The zero-order valence-electron chi connectivity index (χ0n) is 11.2. The van der Waals surface area contributed by atoms with E-state index in [4.69, 9.17) is 0 Å². The van der Waals surface area contributed by atoms with Crippen molar-refractivity contribution in [2.75, 3.05) is 26.2 Å². The van der Waals surface area contributed by atoms with Crippen LogP contribution < -0.4 is 0 Å². The van der Waals surface area contributed by atoms with E-state index in [2.05, 4.69) is 53.8 Å². The molecule has 0 atom stereocenters. The van der Waals surface area contributed by atoms with Gasteiger partial charge in [-0.25, -0.2) is 0 Å². The number of aryl methyl sites for hydroxylation is 1. The predicted molar refractivity (Wildman–Crippen MR) is 71.0 cm³/mol. The highest BCUT2D eigenvalue weighted by Gasteiger charge is 2.18. The first kappa shape index (κ1) is 12.5. The molecule has 0 unspecified atom stereocenters. The second-order valence-corrected chi connectivity index (χ2v) is 5.18. The summed E-state index contributed by atoms with van der Waals surface area (Å²) >= 11 is 0. The molecule has 0 radical (unpaired) electrons. The lowest BCUT2D eigenvalue weighted by molar-refractivity contribution is 0.103. The van der Waals surface area contributed by atoms with Gasteiger partial charge in [0.2, 0.25) is 0 Å². The molecule has 0 bridgehead atoms. The molecule has 0 aromatic carbocycles. The Morgan fingerprint density at radius 2 is 1.88 bits per heavy atom. The van der Waals surface area contributed by atoms with Gasteiger partial charge in [-0.3, -0.25) is 14.8 Å². The Bertz CT molecular complexity index is 354. The lowest BCUT2D eigenvalue weighted by Crippen LogP contribution is -2.48. The molecule has 17 heavy (non-hydrogen) atoms. The molecule has 0 amide bonds. The monoisotopic (exact) mass is 233 g/mol. The van der Waals surface area contributed by atoms with Crippen LogP contribution in [0.15, 0.2) is 18.2 Å². The summed E-state index contributed by atoms with van der Waals surface area (Å²) in [6.07, 6.45) is 0. The minimum Gasteiger partial charge on any atom is -0.298 e. The molecule has 94 valence electrons. The summed E-state index contributed by atoms with van der Waals surface area (Å²) in [7, 11) is 0. The summed E-state index contributed by atoms with van der Waals surface area (Å²) in [5.74, 6) is 0. The Kier molecular flexibility index (Phi) is 4.13. The smallest absolute Gasteiger partial charge is 0.0547 e. The van der Waals surface area contributed by atoms with Gasteiger partial charge in [-0.15, -0.1) is 0 Å². The second kappa shape index (κ2) is 5.61. The first-order valence-corrected chi connectivity index (χ1v) is 6.54. The average Bonchev–Trinajstić information content (AvgIpc) is 2.29. The number of nitrogens with zero attached hydrogens (tertiary/aromatic N) is 3. The zero-order valence-corrected chi connectivity index (χ0v) is 11.2. The van der Waals surface area contributed by atoms with Gasteiger partial charge < -0.3 is 0 Å². The first-order valence-electron chi connectivity index (χ1n) is 6.54. The van der Waals surface area contributed by atoms with E-state index in [1.54, 1.807) is 0 Å². The van der Waals surface area contributed by atoms with Crippen molar-refractivity contribution in [1.29, 1.82) is 0 Å². The molecular weight excluding hydrogens is 210 g/mol. The van der Waals surface area contributed by atoms with Gasteiger partial charge in [-0.1, -0.05) is 6.07 Å². The zero-order chi connectivity index (χ0) is 12.3. The molecule has 0 spiro atoms. The van der Waals surface area contributed by atoms with E-state index in [0.29, 0.717) is 6.04 Å². The molecule has 1 fully saturated rings. The quantitative estimate of drug-likeness (QED) is 0.795. The molecule has 0 N–H and O–H groups in total. The van der Waals surface area contributed by atoms with Crippen molar-refractivity contribution in [2.45, 2.75) is 33.4 Å². The maximum atomic E-state index is 4.57. The van der Waals surface area contributed by atoms with Gasteiger partial charge in [0, 0.05) is 44.5 Å². The van der Waals surface area contributed by atoms with Gasteiger partial charge in [-0.2, -0.15) is 0 Å². The second-order valence-electron chi connectivity index (χ2n) is 5.18. The van der Waals surface area contributed by atoms with Gasteiger partial charge >= 0.3 is 0 Å². The van der Waals surface area contributed by atoms with E-state index in [-0.39, 0.29) is 0 Å². The van der Waals surface area contributed by atoms with Crippen molar-refractivity contribution in [2.24, 2.45) is 0 Å². The van der Waals surface area contributed by atoms with Crippen LogP contribution in [-0.4, -0.2) is 47.0 Å². The Hall–Kier alpha value is -0.930. The molecule has 1 aliphatic heterocycles. The van der Waals surface area contributed by atoms with Crippen molar-refractivity contribution < 1.29 is 0 Å². The number of rotatable bonds is 3. The molecule has 1 aromatic heterocycles. The normalized spacial score (nSPS) is 18.8. The lowest BCUT2D eigenvalue weighted by atomic mass is 10.2. The van der Waals surface area contributed by atoms with E-state index in [0.717, 1.165) is 25.3 Å². The fraction of sp³-hybridized carbons (Fsp3) is 0.643. The molecule has 0 aliphatic carbocycles. The highest BCUT2D eigenvalue weighted by molar-refractivity contribution is 5.09. The van der Waals surface area contributed by atoms with Crippen LogP contribution in [0.25, 0.3) is 0 Å². The number of pyridine rings is 1. The Labute approximate surface area is 104 Å². The minimum atomic E-state index is 0.675. The minimum absolute atomic E-state index is 0.675. The lowest BCUT2D eigenvalue weighted by Gasteiger charge is -2.36. The number of aromatic nitrogens is 1. The summed E-state index contributed by atoms with van der Waals surface area (Å²) in [4.78, 5) is 9.61. The molecule has 1 saturated heterocycles. The highest BCUT2D eigenvalue weighted by Crippen LogP contribution is 2.09. The summed E-state index contributed by atoms with van der Waals surface area (Å²) in [6, 6.07) is 6.96. The van der Waals surface area contributed by atoms with Crippen LogP contribution >= 0.6 is 0 Å². The third kappa shape index (κ3) is 3.51. The average molecular weight is 233 g/mol. The van der Waals surface area contributed by atoms with Gasteiger partial charge in [0.05, 0.1) is 5.69 Å². The van der Waals surface area contributed by atoms with Crippen LogP contribution in [0.4, 0.5) is 0 Å². The summed E-state index contributed by atoms with van der Waals surface area (Å²) in [5.41, 5.74) is 2.31. The van der Waals surface area contributed by atoms with Crippen molar-refractivity contribution in [1.82, 2.24) is 14.8 Å². The third-order valence-corrected chi connectivity index (χ3v) is 3.47. The SMILES string of the molecule is Cc1cccc(CN2CCN(C(C)C)CC2)n1. The van der Waals surface area contributed by atoms with Gasteiger partial charge in [0.25, 0.3) is 0 Å². The molecule has 3 nitrogen and oxygen atoms in total.